The highest BCUT2D eigenvalue weighted by Crippen LogP contribution is 2.15. The average molecular weight is 317 g/mol. The molecular formula is C16H19N3O4. The van der Waals surface area contributed by atoms with Gasteiger partial charge in [-0.2, -0.15) is 0 Å². The lowest BCUT2D eigenvalue weighted by Gasteiger charge is -2.22. The zero-order chi connectivity index (χ0) is 16.4. The van der Waals surface area contributed by atoms with Gasteiger partial charge < -0.3 is 14.2 Å². The van der Waals surface area contributed by atoms with Gasteiger partial charge in [-0.25, -0.2) is 4.79 Å². The van der Waals surface area contributed by atoms with Crippen molar-refractivity contribution in [3.8, 4) is 0 Å². The fourth-order valence-corrected chi connectivity index (χ4v) is 2.86. The molecule has 1 N–H and O–H groups in total. The van der Waals surface area contributed by atoms with Gasteiger partial charge in [0.15, 0.2) is 5.58 Å². The number of nitrogens with one attached hydrogen (secondary N) is 1. The SMILES string of the molecule is CCC(=O)N1CCCN(C(=O)c2ccc3oc(=O)[nH]c3c2)CC1. The van der Waals surface area contributed by atoms with E-state index >= 15 is 0 Å². The van der Waals surface area contributed by atoms with E-state index in [2.05, 4.69) is 4.98 Å². The van der Waals surface area contributed by atoms with Crippen LogP contribution in [0.2, 0.25) is 0 Å². The van der Waals surface area contributed by atoms with Crippen LogP contribution >= 0.6 is 0 Å². The molecular weight excluding hydrogens is 298 g/mol. The van der Waals surface area contributed by atoms with E-state index in [9.17, 15) is 14.4 Å². The van der Waals surface area contributed by atoms with E-state index in [1.54, 1.807) is 23.1 Å². The molecule has 23 heavy (non-hydrogen) atoms. The lowest BCUT2D eigenvalue weighted by atomic mass is 10.1. The van der Waals surface area contributed by atoms with Crippen LogP contribution in [0.3, 0.4) is 0 Å². The lowest BCUT2D eigenvalue weighted by molar-refractivity contribution is -0.130. The molecule has 1 aromatic carbocycles. The molecule has 0 unspecified atom stereocenters. The van der Waals surface area contributed by atoms with Crippen LogP contribution in [0.1, 0.15) is 30.1 Å². The number of H-pyrrole nitrogens is 1. The summed E-state index contributed by atoms with van der Waals surface area (Å²) in [4.78, 5) is 41.7. The van der Waals surface area contributed by atoms with E-state index in [-0.39, 0.29) is 11.8 Å². The lowest BCUT2D eigenvalue weighted by Crippen LogP contribution is -2.37. The predicted molar refractivity (Wildman–Crippen MR) is 84.2 cm³/mol. The van der Waals surface area contributed by atoms with Gasteiger partial charge in [0.1, 0.15) is 0 Å². The molecule has 1 aliphatic heterocycles. The summed E-state index contributed by atoms with van der Waals surface area (Å²) in [5.74, 6) is -0.510. The number of amides is 2. The van der Waals surface area contributed by atoms with Crippen LogP contribution < -0.4 is 5.76 Å². The second-order valence-corrected chi connectivity index (χ2v) is 5.61. The summed E-state index contributed by atoms with van der Waals surface area (Å²) in [5, 5.41) is 0. The predicted octanol–water partition coefficient (Wildman–Crippen LogP) is 1.21. The number of hydrogen-bond donors (Lipinski definition) is 1. The van der Waals surface area contributed by atoms with Gasteiger partial charge in [-0.15, -0.1) is 0 Å². The summed E-state index contributed by atoms with van der Waals surface area (Å²) in [6.07, 6.45) is 1.25. The van der Waals surface area contributed by atoms with Crippen LogP contribution in [0, 0.1) is 0 Å². The normalized spacial score (nSPS) is 15.7. The summed E-state index contributed by atoms with van der Waals surface area (Å²) in [7, 11) is 0. The molecule has 0 aliphatic carbocycles. The summed E-state index contributed by atoms with van der Waals surface area (Å²) < 4.78 is 4.94. The quantitative estimate of drug-likeness (QED) is 0.902. The Hall–Kier alpha value is -2.57. The third kappa shape index (κ3) is 3.13. The number of aromatic amines is 1. The van der Waals surface area contributed by atoms with Gasteiger partial charge in [0.2, 0.25) is 5.91 Å². The Bertz CT molecular complexity index is 792. The van der Waals surface area contributed by atoms with Gasteiger partial charge in [0.05, 0.1) is 5.52 Å². The van der Waals surface area contributed by atoms with Crippen molar-refractivity contribution < 1.29 is 14.0 Å². The molecule has 0 bridgehead atoms. The molecule has 7 nitrogen and oxygen atoms in total. The molecule has 122 valence electrons. The van der Waals surface area contributed by atoms with E-state index < -0.39 is 5.76 Å². The average Bonchev–Trinajstić information content (AvgIpc) is 2.77. The molecule has 1 saturated heterocycles. The Morgan fingerprint density at radius 1 is 1.17 bits per heavy atom. The van der Waals surface area contributed by atoms with E-state index in [1.807, 2.05) is 11.8 Å². The van der Waals surface area contributed by atoms with Gasteiger partial charge in [0, 0.05) is 38.2 Å². The van der Waals surface area contributed by atoms with Crippen molar-refractivity contribution in [2.45, 2.75) is 19.8 Å². The number of oxazole rings is 1. The van der Waals surface area contributed by atoms with Crippen LogP contribution in [0.4, 0.5) is 0 Å². The van der Waals surface area contributed by atoms with Crippen LogP contribution in [0.15, 0.2) is 27.4 Å². The van der Waals surface area contributed by atoms with Crippen LogP contribution in [0.5, 0.6) is 0 Å². The first-order chi connectivity index (χ1) is 11.1. The van der Waals surface area contributed by atoms with Crippen molar-refractivity contribution in [3.63, 3.8) is 0 Å². The standard InChI is InChI=1S/C16H19N3O4/c1-2-14(20)18-6-3-7-19(9-8-18)15(21)11-4-5-13-12(10-11)17-16(22)23-13/h4-5,10H,2-3,6-9H2,1H3,(H,17,22). The van der Waals surface area contributed by atoms with Gasteiger partial charge in [-0.1, -0.05) is 6.92 Å². The monoisotopic (exact) mass is 317 g/mol. The zero-order valence-electron chi connectivity index (χ0n) is 13.0. The minimum atomic E-state index is -0.534. The summed E-state index contributed by atoms with van der Waals surface area (Å²) in [6, 6.07) is 4.90. The maximum absolute atomic E-state index is 12.6. The van der Waals surface area contributed by atoms with E-state index in [0.29, 0.717) is 49.3 Å². The van der Waals surface area contributed by atoms with Gasteiger partial charge >= 0.3 is 5.76 Å². The molecule has 2 aromatic rings. The Kier molecular flexibility index (Phi) is 4.18. The van der Waals surface area contributed by atoms with Crippen molar-refractivity contribution in [2.24, 2.45) is 0 Å². The van der Waals surface area contributed by atoms with E-state index in [4.69, 9.17) is 4.42 Å². The fourth-order valence-electron chi connectivity index (χ4n) is 2.86. The zero-order valence-corrected chi connectivity index (χ0v) is 13.0. The van der Waals surface area contributed by atoms with Gasteiger partial charge in [0.25, 0.3) is 5.91 Å². The second-order valence-electron chi connectivity index (χ2n) is 5.61. The Morgan fingerprint density at radius 3 is 2.70 bits per heavy atom. The number of carbonyl (C=O) groups is 2. The van der Waals surface area contributed by atoms with Crippen LogP contribution in [-0.2, 0) is 4.79 Å². The Labute approximate surface area is 132 Å². The molecule has 1 fully saturated rings. The Balaban J connectivity index is 1.76. The van der Waals surface area contributed by atoms with Crippen molar-refractivity contribution >= 4 is 22.9 Å². The molecule has 0 atom stereocenters. The first-order valence-corrected chi connectivity index (χ1v) is 7.78. The molecule has 0 radical (unpaired) electrons. The topological polar surface area (TPSA) is 86.6 Å². The Morgan fingerprint density at radius 2 is 1.91 bits per heavy atom. The van der Waals surface area contributed by atoms with Gasteiger partial charge in [-0.05, 0) is 24.6 Å². The minimum absolute atomic E-state index is 0.0975. The summed E-state index contributed by atoms with van der Waals surface area (Å²) in [5.41, 5.74) is 1.45. The minimum Gasteiger partial charge on any atom is -0.408 e. The first kappa shape index (κ1) is 15.3. The van der Waals surface area contributed by atoms with Crippen molar-refractivity contribution in [1.29, 1.82) is 0 Å². The molecule has 0 spiro atoms. The molecule has 2 heterocycles. The molecule has 3 rings (SSSR count). The number of rotatable bonds is 2. The number of nitrogens with zero attached hydrogens (tertiary/aromatic N) is 2. The smallest absolute Gasteiger partial charge is 0.408 e. The van der Waals surface area contributed by atoms with E-state index in [0.717, 1.165) is 6.42 Å². The highest BCUT2D eigenvalue weighted by molar-refractivity contribution is 5.97. The molecule has 1 aliphatic rings. The number of aromatic nitrogens is 1. The second kappa shape index (κ2) is 6.28. The third-order valence-electron chi connectivity index (χ3n) is 4.10. The highest BCUT2D eigenvalue weighted by Gasteiger charge is 2.22. The van der Waals surface area contributed by atoms with Crippen molar-refractivity contribution in [1.82, 2.24) is 14.8 Å². The van der Waals surface area contributed by atoms with Crippen LogP contribution in [-0.4, -0.2) is 52.8 Å². The number of carbonyl (C=O) groups excluding carboxylic acids is 2. The summed E-state index contributed by atoms with van der Waals surface area (Å²) >= 11 is 0. The molecule has 1 aromatic heterocycles. The number of fused-ring (bicyclic) bond motifs is 1. The first-order valence-electron chi connectivity index (χ1n) is 7.78. The van der Waals surface area contributed by atoms with E-state index in [1.165, 1.54) is 0 Å². The van der Waals surface area contributed by atoms with Crippen LogP contribution in [0.25, 0.3) is 11.1 Å². The number of benzene rings is 1. The maximum atomic E-state index is 12.6. The fraction of sp³-hybridized carbons (Fsp3) is 0.438. The molecule has 2 amide bonds. The molecule has 0 saturated carbocycles. The van der Waals surface area contributed by atoms with Gasteiger partial charge in [-0.3, -0.25) is 14.6 Å². The summed E-state index contributed by atoms with van der Waals surface area (Å²) in [6.45, 7) is 4.22. The maximum Gasteiger partial charge on any atom is 0.417 e. The molecule has 7 heteroatoms. The van der Waals surface area contributed by atoms with Crippen molar-refractivity contribution in [2.75, 3.05) is 26.2 Å². The third-order valence-corrected chi connectivity index (χ3v) is 4.10. The van der Waals surface area contributed by atoms with Crippen molar-refractivity contribution in [3.05, 3.63) is 34.3 Å². The largest absolute Gasteiger partial charge is 0.417 e. The highest BCUT2D eigenvalue weighted by atomic mass is 16.4. The number of hydrogen-bond acceptors (Lipinski definition) is 4.